The Labute approximate surface area is 102 Å². The van der Waals surface area contributed by atoms with Crippen molar-refractivity contribution in [3.63, 3.8) is 0 Å². The van der Waals surface area contributed by atoms with Crippen LogP contribution in [0.5, 0.6) is 0 Å². The van der Waals surface area contributed by atoms with Crippen molar-refractivity contribution in [2.45, 2.75) is 57.8 Å². The second-order valence-electron chi connectivity index (χ2n) is 5.93. The van der Waals surface area contributed by atoms with E-state index in [1.54, 1.807) is 13.8 Å². The Bertz CT molecular complexity index is 323. The van der Waals surface area contributed by atoms with Crippen molar-refractivity contribution >= 4 is 5.78 Å². The van der Waals surface area contributed by atoms with E-state index in [1.165, 1.54) is 26.0 Å². The largest absolute Gasteiger partial charge is 0.393 e. The Kier molecular flexibility index (Phi) is 3.54. The number of aliphatic hydroxyl groups is 3. The minimum absolute atomic E-state index is 0.0924. The van der Waals surface area contributed by atoms with Crippen LogP contribution in [0.4, 0.5) is 0 Å². The van der Waals surface area contributed by atoms with Crippen LogP contribution in [-0.2, 0) is 4.79 Å². The molecule has 0 bridgehead atoms. The van der Waals surface area contributed by atoms with E-state index in [1.807, 2.05) is 0 Å². The standard InChI is InChI=1S/C13H22O4/c1-9(14)5-6-13(17)11(2,3)7-10(15)8-12(13,4)16/h5-6,10,15-17H,7-8H2,1-4H3/b6-5+/t10-,12+,13+/m0/s1. The van der Waals surface area contributed by atoms with Crippen LogP contribution in [0.25, 0.3) is 0 Å². The van der Waals surface area contributed by atoms with Gasteiger partial charge in [-0.1, -0.05) is 13.8 Å². The monoisotopic (exact) mass is 242 g/mol. The van der Waals surface area contributed by atoms with Crippen LogP contribution in [0.3, 0.4) is 0 Å². The van der Waals surface area contributed by atoms with Crippen LogP contribution in [0.2, 0.25) is 0 Å². The van der Waals surface area contributed by atoms with Crippen molar-refractivity contribution < 1.29 is 20.1 Å². The summed E-state index contributed by atoms with van der Waals surface area (Å²) in [5.41, 5.74) is -3.69. The Morgan fingerprint density at radius 2 is 1.76 bits per heavy atom. The summed E-state index contributed by atoms with van der Waals surface area (Å²) in [7, 11) is 0. The summed E-state index contributed by atoms with van der Waals surface area (Å²) in [5, 5.41) is 30.8. The molecule has 0 aromatic carbocycles. The molecule has 0 spiro atoms. The molecule has 0 unspecified atom stereocenters. The second kappa shape index (κ2) is 4.19. The molecule has 1 aliphatic carbocycles. The number of carbonyl (C=O) groups is 1. The molecule has 0 saturated heterocycles. The van der Waals surface area contributed by atoms with E-state index in [0.717, 1.165) is 0 Å². The van der Waals surface area contributed by atoms with Crippen molar-refractivity contribution in [1.82, 2.24) is 0 Å². The fraction of sp³-hybridized carbons (Fsp3) is 0.769. The first-order chi connectivity index (χ1) is 7.52. The zero-order valence-corrected chi connectivity index (χ0v) is 10.9. The van der Waals surface area contributed by atoms with E-state index < -0.39 is 22.7 Å². The zero-order valence-electron chi connectivity index (χ0n) is 10.9. The van der Waals surface area contributed by atoms with Gasteiger partial charge in [0.1, 0.15) is 5.60 Å². The average Bonchev–Trinajstić information content (AvgIpc) is 2.09. The summed E-state index contributed by atoms with van der Waals surface area (Å²) in [6.45, 7) is 6.42. The number of hydrogen-bond donors (Lipinski definition) is 3. The highest BCUT2D eigenvalue weighted by molar-refractivity contribution is 5.87. The summed E-state index contributed by atoms with van der Waals surface area (Å²) in [6.07, 6.45) is 2.46. The Morgan fingerprint density at radius 1 is 1.24 bits per heavy atom. The van der Waals surface area contributed by atoms with Gasteiger partial charge in [-0.15, -0.1) is 0 Å². The summed E-state index contributed by atoms with van der Waals surface area (Å²) in [4.78, 5) is 11.0. The molecule has 0 radical (unpaired) electrons. The molecule has 1 saturated carbocycles. The molecule has 1 fully saturated rings. The van der Waals surface area contributed by atoms with E-state index in [9.17, 15) is 20.1 Å². The maximum absolute atomic E-state index is 11.0. The number of ketones is 1. The number of aliphatic hydroxyl groups excluding tert-OH is 1. The Morgan fingerprint density at radius 3 is 2.18 bits per heavy atom. The molecule has 98 valence electrons. The molecule has 3 N–H and O–H groups in total. The quantitative estimate of drug-likeness (QED) is 0.626. The highest BCUT2D eigenvalue weighted by Gasteiger charge is 2.58. The van der Waals surface area contributed by atoms with Gasteiger partial charge in [0.15, 0.2) is 5.78 Å². The minimum Gasteiger partial charge on any atom is -0.393 e. The third kappa shape index (κ3) is 2.44. The molecule has 1 aliphatic rings. The van der Waals surface area contributed by atoms with Gasteiger partial charge in [0.25, 0.3) is 0 Å². The van der Waals surface area contributed by atoms with E-state index in [-0.39, 0.29) is 12.2 Å². The first-order valence-electron chi connectivity index (χ1n) is 5.84. The third-order valence-corrected chi connectivity index (χ3v) is 3.79. The van der Waals surface area contributed by atoms with Crippen molar-refractivity contribution in [2.75, 3.05) is 0 Å². The van der Waals surface area contributed by atoms with Crippen molar-refractivity contribution in [3.8, 4) is 0 Å². The van der Waals surface area contributed by atoms with Gasteiger partial charge in [0, 0.05) is 11.8 Å². The van der Waals surface area contributed by atoms with Crippen LogP contribution < -0.4 is 0 Å². The highest BCUT2D eigenvalue weighted by atomic mass is 16.4. The van der Waals surface area contributed by atoms with Gasteiger partial charge in [-0.25, -0.2) is 0 Å². The molecule has 0 amide bonds. The minimum atomic E-state index is -1.52. The van der Waals surface area contributed by atoms with Crippen molar-refractivity contribution in [2.24, 2.45) is 5.41 Å². The molecule has 4 heteroatoms. The first kappa shape index (κ1) is 14.4. The lowest BCUT2D eigenvalue weighted by Gasteiger charge is -2.54. The van der Waals surface area contributed by atoms with Gasteiger partial charge in [0.2, 0.25) is 0 Å². The number of allylic oxidation sites excluding steroid dienone is 1. The molecule has 4 nitrogen and oxygen atoms in total. The van der Waals surface area contributed by atoms with Crippen molar-refractivity contribution in [1.29, 1.82) is 0 Å². The predicted molar refractivity (Wildman–Crippen MR) is 64.4 cm³/mol. The maximum atomic E-state index is 11.0. The zero-order chi connectivity index (χ0) is 13.5. The topological polar surface area (TPSA) is 77.8 Å². The molecule has 17 heavy (non-hydrogen) atoms. The SMILES string of the molecule is CC(=O)/C=C/[C@@]1(O)C(C)(C)C[C@H](O)C[C@@]1(C)O. The summed E-state index contributed by atoms with van der Waals surface area (Å²) in [6, 6.07) is 0. The normalized spacial score (nSPS) is 41.7. The molecule has 3 atom stereocenters. The van der Waals surface area contributed by atoms with Crippen LogP contribution >= 0.6 is 0 Å². The summed E-state index contributed by atoms with van der Waals surface area (Å²) < 4.78 is 0. The fourth-order valence-electron chi connectivity index (χ4n) is 2.80. The number of carbonyl (C=O) groups excluding carboxylic acids is 1. The van der Waals surface area contributed by atoms with Crippen LogP contribution in [-0.4, -0.2) is 38.4 Å². The summed E-state index contributed by atoms with van der Waals surface area (Å²) >= 11 is 0. The lowest BCUT2D eigenvalue weighted by Crippen LogP contribution is -2.65. The van der Waals surface area contributed by atoms with Crippen LogP contribution in [0.15, 0.2) is 12.2 Å². The maximum Gasteiger partial charge on any atom is 0.152 e. The summed E-state index contributed by atoms with van der Waals surface area (Å²) in [5.74, 6) is -0.184. The van der Waals surface area contributed by atoms with Gasteiger partial charge >= 0.3 is 0 Å². The van der Waals surface area contributed by atoms with E-state index in [0.29, 0.717) is 6.42 Å². The van der Waals surface area contributed by atoms with Gasteiger partial charge in [-0.05, 0) is 32.4 Å². The molecule has 0 aliphatic heterocycles. The van der Waals surface area contributed by atoms with Gasteiger partial charge in [0.05, 0.1) is 11.7 Å². The number of hydrogen-bond acceptors (Lipinski definition) is 4. The Hall–Kier alpha value is -0.710. The fourth-order valence-corrected chi connectivity index (χ4v) is 2.80. The van der Waals surface area contributed by atoms with E-state index in [2.05, 4.69) is 0 Å². The lowest BCUT2D eigenvalue weighted by molar-refractivity contribution is -0.216. The van der Waals surface area contributed by atoms with E-state index >= 15 is 0 Å². The predicted octanol–water partition coefficient (Wildman–Crippen LogP) is 0.795. The molecule has 1 rings (SSSR count). The smallest absolute Gasteiger partial charge is 0.152 e. The molecular weight excluding hydrogens is 220 g/mol. The van der Waals surface area contributed by atoms with E-state index in [4.69, 9.17) is 0 Å². The molecule has 0 aromatic heterocycles. The number of rotatable bonds is 2. The first-order valence-corrected chi connectivity index (χ1v) is 5.84. The second-order valence-corrected chi connectivity index (χ2v) is 5.93. The van der Waals surface area contributed by atoms with Crippen molar-refractivity contribution in [3.05, 3.63) is 12.2 Å². The molecule has 0 heterocycles. The van der Waals surface area contributed by atoms with Crippen LogP contribution in [0, 0.1) is 5.41 Å². The highest BCUT2D eigenvalue weighted by Crippen LogP contribution is 2.50. The van der Waals surface area contributed by atoms with Crippen LogP contribution in [0.1, 0.15) is 40.5 Å². The lowest BCUT2D eigenvalue weighted by atomic mass is 9.57. The average molecular weight is 242 g/mol. The molecule has 0 aromatic rings. The Balaban J connectivity index is 3.19. The van der Waals surface area contributed by atoms with Gasteiger partial charge in [-0.3, -0.25) is 4.79 Å². The molecular formula is C13H22O4. The third-order valence-electron chi connectivity index (χ3n) is 3.79. The van der Waals surface area contributed by atoms with Gasteiger partial charge in [-0.2, -0.15) is 0 Å². The van der Waals surface area contributed by atoms with Gasteiger partial charge < -0.3 is 15.3 Å².